The molecule has 4 aliphatic carbocycles. The zero-order valence-corrected chi connectivity index (χ0v) is 25.7. The molecule has 6 unspecified atom stereocenters. The largest absolute Gasteiger partial charge is 0.460 e. The number of fused-ring (bicyclic) bond motifs is 5. The molecule has 0 saturated heterocycles. The quantitative estimate of drug-likeness (QED) is 0.285. The van der Waals surface area contributed by atoms with E-state index in [1.807, 2.05) is 27.7 Å². The first kappa shape index (κ1) is 31.3. The topological polar surface area (TPSA) is 141 Å². The number of ether oxygens (including phenoxy) is 1. The number of aliphatic hydroxyl groups is 4. The standard InChI is InChI=1S/C32H50O8/c1-17(33)40-27(2,3)13-12-23(36)32(9,39)25-21(35)15-29(6)22-11-10-18-19(14-20(34)26(38)28(18,4)5)31(22,8)24(37)16-30(25,29)7/h10,19-22,25-26,34-35,38-39H,11-16H2,1-9H3/t19?,20?,21?,22?,25?,26?,29-,30+,31-,32-/m0/s1. The first-order chi connectivity index (χ1) is 18.1. The minimum atomic E-state index is -1.89. The summed E-state index contributed by atoms with van der Waals surface area (Å²) in [5.74, 6) is -2.15. The van der Waals surface area contributed by atoms with Crippen molar-refractivity contribution in [2.75, 3.05) is 0 Å². The number of hydrogen-bond acceptors (Lipinski definition) is 8. The molecule has 4 aliphatic rings. The van der Waals surface area contributed by atoms with Crippen molar-refractivity contribution >= 4 is 17.5 Å². The second kappa shape index (κ2) is 9.45. The molecule has 0 aromatic carbocycles. The molecule has 40 heavy (non-hydrogen) atoms. The predicted molar refractivity (Wildman–Crippen MR) is 149 cm³/mol. The molecule has 0 aromatic rings. The van der Waals surface area contributed by atoms with Crippen molar-refractivity contribution in [3.63, 3.8) is 0 Å². The van der Waals surface area contributed by atoms with Crippen LogP contribution in [0.2, 0.25) is 0 Å². The third-order valence-corrected chi connectivity index (χ3v) is 12.2. The van der Waals surface area contributed by atoms with Crippen LogP contribution < -0.4 is 0 Å². The van der Waals surface area contributed by atoms with E-state index >= 15 is 0 Å². The molecular formula is C32H50O8. The van der Waals surface area contributed by atoms with Crippen LogP contribution in [0.15, 0.2) is 11.6 Å². The molecule has 0 aliphatic heterocycles. The van der Waals surface area contributed by atoms with Crippen molar-refractivity contribution in [2.45, 2.75) is 130 Å². The van der Waals surface area contributed by atoms with Crippen LogP contribution in [0.25, 0.3) is 0 Å². The molecule has 3 saturated carbocycles. The number of rotatable bonds is 6. The van der Waals surface area contributed by atoms with Gasteiger partial charge in [0.25, 0.3) is 0 Å². The summed E-state index contributed by atoms with van der Waals surface area (Å²) in [5, 5.41) is 45.0. The Morgan fingerprint density at radius 1 is 1.02 bits per heavy atom. The monoisotopic (exact) mass is 562 g/mol. The first-order valence-corrected chi connectivity index (χ1v) is 14.8. The Hall–Kier alpha value is -1.61. The molecule has 3 fully saturated rings. The first-order valence-electron chi connectivity index (χ1n) is 14.8. The minimum Gasteiger partial charge on any atom is -0.460 e. The molecule has 4 N–H and O–H groups in total. The van der Waals surface area contributed by atoms with Gasteiger partial charge in [-0.3, -0.25) is 14.4 Å². The summed E-state index contributed by atoms with van der Waals surface area (Å²) in [6, 6.07) is 0. The number of ketones is 2. The molecule has 0 heterocycles. The van der Waals surface area contributed by atoms with E-state index in [1.165, 1.54) is 13.8 Å². The fourth-order valence-corrected chi connectivity index (χ4v) is 9.83. The van der Waals surface area contributed by atoms with Crippen molar-refractivity contribution in [1.82, 2.24) is 0 Å². The van der Waals surface area contributed by atoms with E-state index in [1.54, 1.807) is 13.8 Å². The second-order valence-electron chi connectivity index (χ2n) is 15.4. The van der Waals surface area contributed by atoms with Crippen LogP contribution in [-0.2, 0) is 19.1 Å². The fraction of sp³-hybridized carbons (Fsp3) is 0.844. The van der Waals surface area contributed by atoms with E-state index in [0.29, 0.717) is 19.3 Å². The van der Waals surface area contributed by atoms with E-state index in [-0.39, 0.29) is 36.9 Å². The highest BCUT2D eigenvalue weighted by atomic mass is 16.6. The summed E-state index contributed by atoms with van der Waals surface area (Å²) in [6.07, 6.45) is 0.776. The molecule has 0 bridgehead atoms. The van der Waals surface area contributed by atoms with E-state index in [0.717, 1.165) is 5.57 Å². The van der Waals surface area contributed by atoms with Gasteiger partial charge in [0, 0.05) is 36.5 Å². The van der Waals surface area contributed by atoms with Gasteiger partial charge in [-0.25, -0.2) is 0 Å². The van der Waals surface area contributed by atoms with Gasteiger partial charge in [0.05, 0.1) is 18.3 Å². The summed E-state index contributed by atoms with van der Waals surface area (Å²) < 4.78 is 5.32. The number of esters is 1. The van der Waals surface area contributed by atoms with Crippen molar-refractivity contribution < 1.29 is 39.5 Å². The van der Waals surface area contributed by atoms with Gasteiger partial charge in [-0.15, -0.1) is 0 Å². The normalized spacial score (nSPS) is 44.0. The summed E-state index contributed by atoms with van der Waals surface area (Å²) in [5.41, 5.74) is -4.68. The van der Waals surface area contributed by atoms with Crippen molar-refractivity contribution in [3.05, 3.63) is 11.6 Å². The van der Waals surface area contributed by atoms with Crippen molar-refractivity contribution in [3.8, 4) is 0 Å². The number of hydrogen-bond donors (Lipinski definition) is 4. The summed E-state index contributed by atoms with van der Waals surface area (Å²) in [7, 11) is 0. The Morgan fingerprint density at radius 3 is 2.20 bits per heavy atom. The number of carbonyl (C=O) groups excluding carboxylic acids is 3. The van der Waals surface area contributed by atoms with Crippen molar-refractivity contribution in [2.24, 2.45) is 39.4 Å². The lowest BCUT2D eigenvalue weighted by Crippen LogP contribution is -2.65. The molecule has 0 aromatic heterocycles. The summed E-state index contributed by atoms with van der Waals surface area (Å²) in [6.45, 7) is 16.1. The molecule has 0 amide bonds. The van der Waals surface area contributed by atoms with Gasteiger partial charge in [0.15, 0.2) is 5.78 Å². The van der Waals surface area contributed by atoms with Crippen LogP contribution in [0, 0.1) is 39.4 Å². The average Bonchev–Trinajstić information content (AvgIpc) is 3.01. The molecule has 4 rings (SSSR count). The molecule has 8 heteroatoms. The molecule has 10 atom stereocenters. The highest BCUT2D eigenvalue weighted by Gasteiger charge is 2.74. The van der Waals surface area contributed by atoms with Crippen LogP contribution in [-0.4, -0.2) is 67.5 Å². The molecule has 0 radical (unpaired) electrons. The molecule has 8 nitrogen and oxygen atoms in total. The molecule has 0 spiro atoms. The van der Waals surface area contributed by atoms with Gasteiger partial charge in [0.2, 0.25) is 0 Å². The van der Waals surface area contributed by atoms with Crippen LogP contribution in [0.3, 0.4) is 0 Å². The second-order valence-corrected chi connectivity index (χ2v) is 15.4. The average molecular weight is 563 g/mol. The smallest absolute Gasteiger partial charge is 0.303 e. The Balaban J connectivity index is 1.70. The number of allylic oxidation sites excluding steroid dienone is 1. The lowest BCUT2D eigenvalue weighted by Gasteiger charge is -2.65. The lowest BCUT2D eigenvalue weighted by atomic mass is 9.38. The van der Waals surface area contributed by atoms with Crippen LogP contribution in [0.4, 0.5) is 0 Å². The Morgan fingerprint density at radius 2 is 1.62 bits per heavy atom. The van der Waals surface area contributed by atoms with Crippen LogP contribution >= 0.6 is 0 Å². The SMILES string of the molecule is CC(=O)OC(C)(C)CCC(=O)[C@](C)(O)C1C(O)C[C@@]2(C)C3CC=C4C(CC(O)C(O)C4(C)C)[C@]3(C)C(=O)C[C@]12C. The summed E-state index contributed by atoms with van der Waals surface area (Å²) in [4.78, 5) is 39.4. The lowest BCUT2D eigenvalue weighted by molar-refractivity contribution is -0.188. The zero-order valence-electron chi connectivity index (χ0n) is 25.7. The number of carbonyl (C=O) groups is 3. The Bertz CT molecular complexity index is 1120. The van der Waals surface area contributed by atoms with Gasteiger partial charge in [0.1, 0.15) is 17.0 Å². The number of Topliss-reactive ketones (excluding diaryl/α,β-unsaturated/α-hetero) is 2. The highest BCUT2D eigenvalue weighted by molar-refractivity contribution is 5.90. The van der Waals surface area contributed by atoms with Gasteiger partial charge in [-0.05, 0) is 69.1 Å². The third kappa shape index (κ3) is 4.26. The molecular weight excluding hydrogens is 512 g/mol. The maximum absolute atomic E-state index is 14.3. The van der Waals surface area contributed by atoms with Crippen LogP contribution in [0.5, 0.6) is 0 Å². The zero-order chi connectivity index (χ0) is 30.4. The van der Waals surface area contributed by atoms with Gasteiger partial charge in [-0.2, -0.15) is 0 Å². The van der Waals surface area contributed by atoms with Gasteiger partial charge < -0.3 is 25.2 Å². The Kier molecular flexibility index (Phi) is 7.40. The van der Waals surface area contributed by atoms with Crippen molar-refractivity contribution in [1.29, 1.82) is 0 Å². The Labute approximate surface area is 238 Å². The van der Waals surface area contributed by atoms with Gasteiger partial charge in [-0.1, -0.05) is 46.3 Å². The highest BCUT2D eigenvalue weighted by Crippen LogP contribution is 2.74. The van der Waals surface area contributed by atoms with E-state index in [2.05, 4.69) is 13.0 Å². The van der Waals surface area contributed by atoms with Crippen LogP contribution in [0.1, 0.15) is 101 Å². The molecule has 226 valence electrons. The van der Waals surface area contributed by atoms with E-state index in [9.17, 15) is 34.8 Å². The minimum absolute atomic E-state index is 0.0193. The third-order valence-electron chi connectivity index (χ3n) is 12.2. The van der Waals surface area contributed by atoms with E-state index < -0.39 is 68.8 Å². The van der Waals surface area contributed by atoms with Gasteiger partial charge >= 0.3 is 5.97 Å². The number of aliphatic hydroxyl groups excluding tert-OH is 3. The predicted octanol–water partition coefficient (Wildman–Crippen LogP) is 3.52. The van der Waals surface area contributed by atoms with E-state index in [4.69, 9.17) is 4.74 Å². The maximum atomic E-state index is 14.3. The summed E-state index contributed by atoms with van der Waals surface area (Å²) >= 11 is 0. The fourth-order valence-electron chi connectivity index (χ4n) is 9.83. The maximum Gasteiger partial charge on any atom is 0.303 e.